The van der Waals surface area contributed by atoms with E-state index in [9.17, 15) is 14.9 Å². The van der Waals surface area contributed by atoms with E-state index in [0.717, 1.165) is 11.1 Å². The summed E-state index contributed by atoms with van der Waals surface area (Å²) in [5, 5.41) is 12.3. The Hall–Kier alpha value is -2.93. The fourth-order valence-corrected chi connectivity index (χ4v) is 3.94. The lowest BCUT2D eigenvalue weighted by Gasteiger charge is -2.34. The van der Waals surface area contributed by atoms with Crippen LogP contribution in [0, 0.1) is 10.1 Å². The molecule has 1 aromatic carbocycles. The average Bonchev–Trinajstić information content (AvgIpc) is 3.15. The summed E-state index contributed by atoms with van der Waals surface area (Å²) in [4.78, 5) is 30.1. The summed E-state index contributed by atoms with van der Waals surface area (Å²) in [7, 11) is 0. The van der Waals surface area contributed by atoms with Gasteiger partial charge in [-0.15, -0.1) is 0 Å². The number of hydrogen-bond donors (Lipinski definition) is 0. The molecule has 3 aromatic rings. The Morgan fingerprint density at radius 3 is 2.85 bits per heavy atom. The van der Waals surface area contributed by atoms with Crippen LogP contribution in [0.3, 0.4) is 0 Å². The molecule has 2 atom stereocenters. The first kappa shape index (κ1) is 17.5. The van der Waals surface area contributed by atoms with E-state index < -0.39 is 6.04 Å². The number of hydrogen-bond acceptors (Lipinski definition) is 4. The van der Waals surface area contributed by atoms with Gasteiger partial charge < -0.3 is 4.90 Å². The predicted octanol–water partition coefficient (Wildman–Crippen LogP) is 3.26. The molecular weight excluding hydrogens is 368 g/mol. The van der Waals surface area contributed by atoms with Gasteiger partial charge in [-0.05, 0) is 36.2 Å². The number of pyridine rings is 1. The molecule has 0 spiro atoms. The molecule has 8 heteroatoms. The Labute approximate surface area is 160 Å². The van der Waals surface area contributed by atoms with Gasteiger partial charge in [-0.2, -0.15) is 0 Å². The van der Waals surface area contributed by atoms with Gasteiger partial charge in [-0.25, -0.2) is 4.98 Å². The van der Waals surface area contributed by atoms with Crippen molar-refractivity contribution in [1.29, 1.82) is 0 Å². The molecule has 7 nitrogen and oxygen atoms in total. The van der Waals surface area contributed by atoms with Crippen LogP contribution in [-0.4, -0.2) is 44.2 Å². The number of amides is 1. The first-order chi connectivity index (χ1) is 13.0. The smallest absolute Gasteiger partial charge is 0.271 e. The first-order valence-electron chi connectivity index (χ1n) is 8.64. The van der Waals surface area contributed by atoms with Crippen molar-refractivity contribution in [3.8, 4) is 0 Å². The highest BCUT2D eigenvalue weighted by atomic mass is 35.5. The highest BCUT2D eigenvalue weighted by Gasteiger charge is 2.40. The van der Waals surface area contributed by atoms with E-state index in [1.807, 2.05) is 12.1 Å². The SMILES string of the molecule is O=C(c1cccc2cncn12)N1CC[C@@H](c2cccc(Cl)c2)[C@H]([N+](=O)[O-])C1. The van der Waals surface area contributed by atoms with Crippen LogP contribution >= 0.6 is 11.6 Å². The summed E-state index contributed by atoms with van der Waals surface area (Å²) in [5.74, 6) is -0.498. The number of benzene rings is 1. The Kier molecular flexibility index (Phi) is 4.53. The van der Waals surface area contributed by atoms with Gasteiger partial charge in [0.25, 0.3) is 5.91 Å². The lowest BCUT2D eigenvalue weighted by atomic mass is 9.85. The molecule has 3 heterocycles. The molecule has 0 bridgehead atoms. The van der Waals surface area contributed by atoms with E-state index in [-0.39, 0.29) is 23.3 Å². The molecule has 1 aliphatic rings. The van der Waals surface area contributed by atoms with Crippen molar-refractivity contribution < 1.29 is 9.72 Å². The molecule has 0 N–H and O–H groups in total. The zero-order chi connectivity index (χ0) is 19.0. The second kappa shape index (κ2) is 7.00. The minimum atomic E-state index is -0.872. The molecule has 1 aliphatic heterocycles. The average molecular weight is 385 g/mol. The highest BCUT2D eigenvalue weighted by Crippen LogP contribution is 2.32. The molecule has 2 aromatic heterocycles. The molecule has 1 fully saturated rings. The maximum Gasteiger partial charge on any atom is 0.271 e. The van der Waals surface area contributed by atoms with Gasteiger partial charge in [0.1, 0.15) is 5.69 Å². The predicted molar refractivity (Wildman–Crippen MR) is 101 cm³/mol. The van der Waals surface area contributed by atoms with Crippen molar-refractivity contribution in [2.24, 2.45) is 0 Å². The molecule has 27 heavy (non-hydrogen) atoms. The van der Waals surface area contributed by atoms with Crippen LogP contribution in [0.4, 0.5) is 0 Å². The van der Waals surface area contributed by atoms with E-state index >= 15 is 0 Å². The maximum atomic E-state index is 13.0. The minimum Gasteiger partial charge on any atom is -0.330 e. The Bertz CT molecular complexity index is 1020. The number of nitro groups is 1. The number of likely N-dealkylation sites (tertiary alicyclic amines) is 1. The molecule has 0 aliphatic carbocycles. The van der Waals surface area contributed by atoms with Crippen molar-refractivity contribution in [3.05, 3.63) is 81.4 Å². The summed E-state index contributed by atoms with van der Waals surface area (Å²) in [5.41, 5.74) is 2.10. The van der Waals surface area contributed by atoms with E-state index in [2.05, 4.69) is 4.98 Å². The third-order valence-corrected chi connectivity index (χ3v) is 5.32. The van der Waals surface area contributed by atoms with E-state index in [1.165, 1.54) is 0 Å². The van der Waals surface area contributed by atoms with E-state index in [4.69, 9.17) is 11.6 Å². The molecular formula is C19H17ClN4O3. The van der Waals surface area contributed by atoms with Crippen LogP contribution in [0.2, 0.25) is 5.02 Å². The van der Waals surface area contributed by atoms with Gasteiger partial charge in [0, 0.05) is 16.5 Å². The Balaban J connectivity index is 1.61. The summed E-state index contributed by atoms with van der Waals surface area (Å²) >= 11 is 6.05. The van der Waals surface area contributed by atoms with Crippen molar-refractivity contribution in [3.63, 3.8) is 0 Å². The highest BCUT2D eigenvalue weighted by molar-refractivity contribution is 6.30. The van der Waals surface area contributed by atoms with Gasteiger partial charge in [0.2, 0.25) is 6.04 Å². The molecule has 0 unspecified atom stereocenters. The third-order valence-electron chi connectivity index (χ3n) is 5.08. The van der Waals surface area contributed by atoms with Crippen molar-refractivity contribution in [1.82, 2.24) is 14.3 Å². The molecule has 138 valence electrons. The largest absolute Gasteiger partial charge is 0.330 e. The quantitative estimate of drug-likeness (QED) is 0.512. The number of fused-ring (bicyclic) bond motifs is 1. The number of carbonyl (C=O) groups is 1. The van der Waals surface area contributed by atoms with E-state index in [0.29, 0.717) is 23.7 Å². The van der Waals surface area contributed by atoms with Crippen LogP contribution in [0.5, 0.6) is 0 Å². The topological polar surface area (TPSA) is 80.8 Å². The Morgan fingerprint density at radius 2 is 2.07 bits per heavy atom. The number of imidazole rings is 1. The number of piperidine rings is 1. The number of carbonyl (C=O) groups excluding carboxylic acids is 1. The lowest BCUT2D eigenvalue weighted by Crippen LogP contribution is -2.49. The van der Waals surface area contributed by atoms with Crippen LogP contribution < -0.4 is 0 Å². The summed E-state index contributed by atoms with van der Waals surface area (Å²) in [6, 6.07) is 11.7. The molecule has 1 amide bonds. The maximum absolute atomic E-state index is 13.0. The minimum absolute atomic E-state index is 0.0636. The van der Waals surface area contributed by atoms with Crippen molar-refractivity contribution >= 4 is 23.0 Å². The van der Waals surface area contributed by atoms with Crippen LogP contribution in [0.1, 0.15) is 28.4 Å². The zero-order valence-electron chi connectivity index (χ0n) is 14.4. The third kappa shape index (κ3) is 3.26. The Morgan fingerprint density at radius 1 is 1.26 bits per heavy atom. The van der Waals surface area contributed by atoms with Crippen LogP contribution in [0.15, 0.2) is 55.0 Å². The lowest BCUT2D eigenvalue weighted by molar-refractivity contribution is -0.529. The van der Waals surface area contributed by atoms with Crippen LogP contribution in [-0.2, 0) is 0 Å². The number of aromatic nitrogens is 2. The van der Waals surface area contributed by atoms with Crippen molar-refractivity contribution in [2.45, 2.75) is 18.4 Å². The second-order valence-corrected chi connectivity index (χ2v) is 7.09. The zero-order valence-corrected chi connectivity index (χ0v) is 15.1. The van der Waals surface area contributed by atoms with Gasteiger partial charge >= 0.3 is 0 Å². The van der Waals surface area contributed by atoms with Gasteiger partial charge in [0.15, 0.2) is 0 Å². The number of rotatable bonds is 3. The van der Waals surface area contributed by atoms with Gasteiger partial charge in [-0.1, -0.05) is 29.8 Å². The summed E-state index contributed by atoms with van der Waals surface area (Å²) in [6.45, 7) is 0.513. The van der Waals surface area contributed by atoms with Gasteiger partial charge in [-0.3, -0.25) is 19.3 Å². The van der Waals surface area contributed by atoms with Crippen LogP contribution in [0.25, 0.3) is 5.52 Å². The fraction of sp³-hybridized carbons (Fsp3) is 0.263. The van der Waals surface area contributed by atoms with Crippen molar-refractivity contribution in [2.75, 3.05) is 13.1 Å². The van der Waals surface area contributed by atoms with Gasteiger partial charge in [0.05, 0.1) is 30.5 Å². The van der Waals surface area contributed by atoms with E-state index in [1.54, 1.807) is 52.2 Å². The monoisotopic (exact) mass is 384 g/mol. The number of nitrogens with zero attached hydrogens (tertiary/aromatic N) is 4. The normalized spacial score (nSPS) is 20.0. The molecule has 0 saturated carbocycles. The fourth-order valence-electron chi connectivity index (χ4n) is 3.74. The second-order valence-electron chi connectivity index (χ2n) is 6.65. The standard InChI is InChI=1S/C19H17ClN4O3/c20-14-4-1-3-13(9-14)16-7-8-22(11-18(16)24(26)27)19(25)17-6-2-5-15-10-21-12-23(15)17/h1-6,9-10,12,16,18H,7-8,11H2/t16-,18+/m0/s1. The number of halogens is 1. The summed E-state index contributed by atoms with van der Waals surface area (Å²) in [6.07, 6.45) is 3.76. The first-order valence-corrected chi connectivity index (χ1v) is 9.01. The molecule has 0 radical (unpaired) electrons. The molecule has 4 rings (SSSR count). The summed E-state index contributed by atoms with van der Waals surface area (Å²) < 4.78 is 1.70. The molecule has 1 saturated heterocycles.